The van der Waals surface area contributed by atoms with Crippen molar-refractivity contribution in [3.05, 3.63) is 22.4 Å². The first-order chi connectivity index (χ1) is 9.63. The monoisotopic (exact) mass is 296 g/mol. The van der Waals surface area contributed by atoms with Gasteiger partial charge >= 0.3 is 0 Å². The molecule has 1 unspecified atom stereocenters. The molecule has 0 bridgehead atoms. The molecule has 20 heavy (non-hydrogen) atoms. The Hall–Kier alpha value is -1.07. The van der Waals surface area contributed by atoms with E-state index in [9.17, 15) is 0 Å². The summed E-state index contributed by atoms with van der Waals surface area (Å²) in [5, 5.41) is 8.82. The summed E-state index contributed by atoms with van der Waals surface area (Å²) in [6.45, 7) is 8.09. The number of aliphatic imine (C=N–C) groups is 1. The zero-order valence-electron chi connectivity index (χ0n) is 13.1. The molecule has 0 fully saturated rings. The smallest absolute Gasteiger partial charge is 0.191 e. The minimum Gasteiger partial charge on any atom is -0.357 e. The molecule has 1 aromatic rings. The third-order valence-corrected chi connectivity index (χ3v) is 4.07. The van der Waals surface area contributed by atoms with Gasteiger partial charge in [-0.05, 0) is 45.4 Å². The van der Waals surface area contributed by atoms with E-state index in [0.717, 1.165) is 38.6 Å². The minimum absolute atomic E-state index is 0.479. The molecule has 0 aromatic carbocycles. The number of rotatable bonds is 8. The second kappa shape index (κ2) is 9.77. The Labute approximate surface area is 127 Å². The highest BCUT2D eigenvalue weighted by atomic mass is 32.1. The lowest BCUT2D eigenvalue weighted by Crippen LogP contribution is -2.38. The largest absolute Gasteiger partial charge is 0.357 e. The second-order valence-electron chi connectivity index (χ2n) is 5.22. The maximum absolute atomic E-state index is 4.67. The lowest BCUT2D eigenvalue weighted by molar-refractivity contribution is 0.399. The second-order valence-corrected chi connectivity index (χ2v) is 6.20. The molecule has 1 aromatic heterocycles. The van der Waals surface area contributed by atoms with Crippen molar-refractivity contribution in [2.24, 2.45) is 4.99 Å². The Kier molecular flexibility index (Phi) is 8.30. The average Bonchev–Trinajstić information content (AvgIpc) is 2.94. The molecular weight excluding hydrogens is 268 g/mol. The summed E-state index contributed by atoms with van der Waals surface area (Å²) in [6.07, 6.45) is 1.12. The number of hydrogen-bond donors (Lipinski definition) is 2. The van der Waals surface area contributed by atoms with E-state index >= 15 is 0 Å². The van der Waals surface area contributed by atoms with Crippen LogP contribution in [0.1, 0.15) is 31.1 Å². The van der Waals surface area contributed by atoms with Crippen LogP contribution >= 0.6 is 11.3 Å². The third-order valence-electron chi connectivity index (χ3n) is 2.97. The van der Waals surface area contributed by atoms with Gasteiger partial charge in [-0.25, -0.2) is 0 Å². The lowest BCUT2D eigenvalue weighted by atomic mass is 10.1. The van der Waals surface area contributed by atoms with Crippen LogP contribution in [0.4, 0.5) is 0 Å². The summed E-state index contributed by atoms with van der Waals surface area (Å²) >= 11 is 1.81. The maximum atomic E-state index is 4.67. The fourth-order valence-electron chi connectivity index (χ4n) is 1.83. The SMILES string of the molecule is CCNC(=NCC(C)c1cccs1)NCCCN(C)C. The first kappa shape index (κ1) is 17.0. The van der Waals surface area contributed by atoms with Crippen molar-refractivity contribution >= 4 is 17.3 Å². The predicted octanol–water partition coefficient (Wildman–Crippen LogP) is 2.36. The fourth-order valence-corrected chi connectivity index (χ4v) is 2.61. The number of nitrogens with one attached hydrogen (secondary N) is 2. The van der Waals surface area contributed by atoms with Crippen LogP contribution in [0.2, 0.25) is 0 Å². The summed E-state index contributed by atoms with van der Waals surface area (Å²) < 4.78 is 0. The average molecular weight is 296 g/mol. The van der Waals surface area contributed by atoms with Crippen molar-refractivity contribution in [1.82, 2.24) is 15.5 Å². The highest BCUT2D eigenvalue weighted by Crippen LogP contribution is 2.20. The topological polar surface area (TPSA) is 39.7 Å². The van der Waals surface area contributed by atoms with Gasteiger partial charge in [0.05, 0.1) is 6.54 Å². The molecule has 114 valence electrons. The van der Waals surface area contributed by atoms with Gasteiger partial charge in [-0.1, -0.05) is 13.0 Å². The molecule has 0 aliphatic rings. The van der Waals surface area contributed by atoms with Gasteiger partial charge in [-0.2, -0.15) is 0 Å². The van der Waals surface area contributed by atoms with Crippen molar-refractivity contribution in [2.45, 2.75) is 26.2 Å². The molecule has 2 N–H and O–H groups in total. The predicted molar refractivity (Wildman–Crippen MR) is 89.9 cm³/mol. The lowest BCUT2D eigenvalue weighted by Gasteiger charge is -2.14. The van der Waals surface area contributed by atoms with Gasteiger partial charge in [0.15, 0.2) is 5.96 Å². The summed E-state index contributed by atoms with van der Waals surface area (Å²) in [7, 11) is 4.20. The van der Waals surface area contributed by atoms with E-state index in [-0.39, 0.29) is 0 Å². The van der Waals surface area contributed by atoms with Crippen molar-refractivity contribution in [3.63, 3.8) is 0 Å². The number of nitrogens with zero attached hydrogens (tertiary/aromatic N) is 2. The number of hydrogen-bond acceptors (Lipinski definition) is 3. The normalized spacial score (nSPS) is 13.6. The number of thiophene rings is 1. The fraction of sp³-hybridized carbons (Fsp3) is 0.667. The van der Waals surface area contributed by atoms with E-state index in [1.165, 1.54) is 4.88 Å². The Bertz CT molecular complexity index is 373. The molecule has 0 saturated carbocycles. The van der Waals surface area contributed by atoms with Crippen molar-refractivity contribution < 1.29 is 0 Å². The van der Waals surface area contributed by atoms with Crippen LogP contribution in [0.3, 0.4) is 0 Å². The Morgan fingerprint density at radius 3 is 2.80 bits per heavy atom. The molecule has 4 nitrogen and oxygen atoms in total. The maximum Gasteiger partial charge on any atom is 0.191 e. The molecule has 0 saturated heterocycles. The highest BCUT2D eigenvalue weighted by molar-refractivity contribution is 7.10. The van der Waals surface area contributed by atoms with E-state index in [1.54, 1.807) is 11.3 Å². The van der Waals surface area contributed by atoms with E-state index < -0.39 is 0 Å². The molecule has 0 aliphatic carbocycles. The van der Waals surface area contributed by atoms with Crippen molar-refractivity contribution in [2.75, 3.05) is 40.3 Å². The van der Waals surface area contributed by atoms with Gasteiger partial charge in [0, 0.05) is 23.9 Å². The first-order valence-electron chi connectivity index (χ1n) is 7.33. The van der Waals surface area contributed by atoms with Crippen LogP contribution in [0.5, 0.6) is 0 Å². The number of guanidine groups is 1. The molecule has 1 rings (SSSR count). The zero-order valence-corrected chi connectivity index (χ0v) is 14.0. The summed E-state index contributed by atoms with van der Waals surface area (Å²) in [5.74, 6) is 1.40. The highest BCUT2D eigenvalue weighted by Gasteiger charge is 2.06. The van der Waals surface area contributed by atoms with E-state index in [4.69, 9.17) is 0 Å². The minimum atomic E-state index is 0.479. The van der Waals surface area contributed by atoms with Crippen LogP contribution in [0, 0.1) is 0 Å². The summed E-state index contributed by atoms with van der Waals surface area (Å²) in [4.78, 5) is 8.27. The van der Waals surface area contributed by atoms with Gasteiger partial charge in [0.1, 0.15) is 0 Å². The van der Waals surface area contributed by atoms with E-state index in [0.29, 0.717) is 5.92 Å². The third kappa shape index (κ3) is 6.91. The van der Waals surface area contributed by atoms with E-state index in [1.807, 2.05) is 0 Å². The Morgan fingerprint density at radius 2 is 2.20 bits per heavy atom. The molecule has 5 heteroatoms. The molecule has 0 amide bonds. The zero-order chi connectivity index (χ0) is 14.8. The molecule has 1 atom stereocenters. The molecule has 0 aliphatic heterocycles. The van der Waals surface area contributed by atoms with Gasteiger partial charge in [0.2, 0.25) is 0 Å². The Morgan fingerprint density at radius 1 is 1.40 bits per heavy atom. The summed E-state index contributed by atoms with van der Waals surface area (Å²) in [5.41, 5.74) is 0. The van der Waals surface area contributed by atoms with Crippen LogP contribution in [-0.2, 0) is 0 Å². The Balaban J connectivity index is 2.37. The van der Waals surface area contributed by atoms with Crippen LogP contribution in [-0.4, -0.2) is 51.1 Å². The summed E-state index contributed by atoms with van der Waals surface area (Å²) in [6, 6.07) is 4.28. The van der Waals surface area contributed by atoms with Gasteiger partial charge in [0.25, 0.3) is 0 Å². The molecule has 0 radical (unpaired) electrons. The molecule has 0 spiro atoms. The van der Waals surface area contributed by atoms with Gasteiger partial charge in [-0.15, -0.1) is 11.3 Å². The standard InChI is InChI=1S/C15H28N4S/c1-5-16-15(17-9-7-10-19(3)4)18-12-13(2)14-8-6-11-20-14/h6,8,11,13H,5,7,9-10,12H2,1-4H3,(H2,16,17,18). The van der Waals surface area contributed by atoms with Gasteiger partial charge < -0.3 is 15.5 Å². The molecule has 1 heterocycles. The van der Waals surface area contributed by atoms with Crippen LogP contribution in [0.15, 0.2) is 22.5 Å². The molecular formula is C15H28N4S. The van der Waals surface area contributed by atoms with Crippen LogP contribution in [0.25, 0.3) is 0 Å². The van der Waals surface area contributed by atoms with Crippen LogP contribution < -0.4 is 10.6 Å². The van der Waals surface area contributed by atoms with Crippen molar-refractivity contribution in [3.8, 4) is 0 Å². The van der Waals surface area contributed by atoms with E-state index in [2.05, 4.69) is 66.0 Å². The first-order valence-corrected chi connectivity index (χ1v) is 8.21. The van der Waals surface area contributed by atoms with Gasteiger partial charge in [-0.3, -0.25) is 4.99 Å². The van der Waals surface area contributed by atoms with Crippen molar-refractivity contribution in [1.29, 1.82) is 0 Å². The quantitative estimate of drug-likeness (QED) is 0.439.